The predicted molar refractivity (Wildman–Crippen MR) is 106 cm³/mol. The van der Waals surface area contributed by atoms with Crippen LogP contribution in [0.5, 0.6) is 0 Å². The van der Waals surface area contributed by atoms with Gasteiger partial charge in [-0.05, 0) is 28.8 Å². The maximum atomic E-state index is 12.7. The van der Waals surface area contributed by atoms with Crippen LogP contribution >= 0.6 is 0 Å². The maximum Gasteiger partial charge on any atom is 0.336 e. The number of nitrogens with zero attached hydrogens (tertiary/aromatic N) is 1. The minimum atomic E-state index is -1.24. The van der Waals surface area contributed by atoms with E-state index in [1.165, 1.54) is 14.2 Å². The molecule has 0 aliphatic carbocycles. The highest BCUT2D eigenvalue weighted by atomic mass is 16.5. The highest BCUT2D eigenvalue weighted by Gasteiger charge is 2.33. The number of carbonyl (C=O) groups excluding carboxylic acids is 3. The summed E-state index contributed by atoms with van der Waals surface area (Å²) in [6, 6.07) is 13.8. The van der Waals surface area contributed by atoms with Crippen LogP contribution < -0.4 is 0 Å². The van der Waals surface area contributed by atoms with E-state index >= 15 is 0 Å². The zero-order valence-corrected chi connectivity index (χ0v) is 16.6. The number of ether oxygens (including phenoxy) is 2. The predicted octanol–water partition coefficient (Wildman–Crippen LogP) is 3.09. The normalized spacial score (nSPS) is 11.6. The average Bonchev–Trinajstić information content (AvgIpc) is 2.73. The van der Waals surface area contributed by atoms with Crippen LogP contribution in [0.3, 0.4) is 0 Å². The molecule has 148 valence electrons. The molecule has 6 heteroatoms. The molecule has 28 heavy (non-hydrogen) atoms. The standard InChI is InChI=1S/C22H25NO5/c1-5-19(24)20(22(26)28-4)23(2)21(25)18-12-10-17(11-13-18)16-8-6-15(7-9-16)14-27-3/h6-13,20H,5,14H2,1-4H3. The molecular weight excluding hydrogens is 358 g/mol. The third-order valence-corrected chi connectivity index (χ3v) is 4.52. The van der Waals surface area contributed by atoms with Gasteiger partial charge < -0.3 is 14.4 Å². The van der Waals surface area contributed by atoms with E-state index < -0.39 is 17.9 Å². The van der Waals surface area contributed by atoms with Crippen LogP contribution in [-0.2, 0) is 25.7 Å². The molecule has 1 unspecified atom stereocenters. The number of ketones is 1. The largest absolute Gasteiger partial charge is 0.467 e. The number of amides is 1. The van der Waals surface area contributed by atoms with Crippen LogP contribution in [0.4, 0.5) is 0 Å². The van der Waals surface area contributed by atoms with Crippen LogP contribution in [0.15, 0.2) is 48.5 Å². The van der Waals surface area contributed by atoms with Gasteiger partial charge in [0.2, 0.25) is 0 Å². The van der Waals surface area contributed by atoms with Crippen molar-refractivity contribution >= 4 is 17.7 Å². The summed E-state index contributed by atoms with van der Waals surface area (Å²) in [5.74, 6) is -1.52. The molecule has 0 saturated carbocycles. The highest BCUT2D eigenvalue weighted by molar-refractivity contribution is 6.08. The third-order valence-electron chi connectivity index (χ3n) is 4.52. The fourth-order valence-electron chi connectivity index (χ4n) is 2.90. The van der Waals surface area contributed by atoms with E-state index in [0.29, 0.717) is 12.2 Å². The summed E-state index contributed by atoms with van der Waals surface area (Å²) < 4.78 is 9.79. The molecular formula is C22H25NO5. The quantitative estimate of drug-likeness (QED) is 0.517. The first-order valence-corrected chi connectivity index (χ1v) is 8.98. The molecule has 0 spiro atoms. The summed E-state index contributed by atoms with van der Waals surface area (Å²) in [5.41, 5.74) is 3.44. The first-order valence-electron chi connectivity index (χ1n) is 8.98. The lowest BCUT2D eigenvalue weighted by Gasteiger charge is -2.24. The van der Waals surface area contributed by atoms with Gasteiger partial charge in [0.25, 0.3) is 5.91 Å². The van der Waals surface area contributed by atoms with E-state index in [9.17, 15) is 14.4 Å². The fraction of sp³-hybridized carbons (Fsp3) is 0.318. The van der Waals surface area contributed by atoms with Crippen molar-refractivity contribution < 1.29 is 23.9 Å². The molecule has 0 aliphatic heterocycles. The fourth-order valence-corrected chi connectivity index (χ4v) is 2.90. The summed E-state index contributed by atoms with van der Waals surface area (Å²) in [6.45, 7) is 2.20. The molecule has 1 amide bonds. The second-order valence-electron chi connectivity index (χ2n) is 6.37. The third kappa shape index (κ3) is 4.84. The lowest BCUT2D eigenvalue weighted by atomic mass is 10.0. The molecule has 0 aliphatic rings. The first-order chi connectivity index (χ1) is 13.4. The Morgan fingerprint density at radius 1 is 0.929 bits per heavy atom. The maximum absolute atomic E-state index is 12.7. The zero-order chi connectivity index (χ0) is 20.7. The van der Waals surface area contributed by atoms with Gasteiger partial charge in [0.15, 0.2) is 11.8 Å². The van der Waals surface area contributed by atoms with Gasteiger partial charge in [-0.25, -0.2) is 4.79 Å². The smallest absolute Gasteiger partial charge is 0.336 e. The number of hydrogen-bond acceptors (Lipinski definition) is 5. The summed E-state index contributed by atoms with van der Waals surface area (Å²) >= 11 is 0. The molecule has 2 rings (SSSR count). The summed E-state index contributed by atoms with van der Waals surface area (Å²) in [4.78, 5) is 37.9. The Hall–Kier alpha value is -2.99. The van der Waals surface area contributed by atoms with Crippen molar-refractivity contribution in [2.24, 2.45) is 0 Å². The van der Waals surface area contributed by atoms with Crippen molar-refractivity contribution in [3.8, 4) is 11.1 Å². The topological polar surface area (TPSA) is 72.9 Å². The van der Waals surface area contributed by atoms with E-state index in [-0.39, 0.29) is 12.2 Å². The van der Waals surface area contributed by atoms with E-state index in [1.54, 1.807) is 26.2 Å². The Balaban J connectivity index is 2.20. The number of esters is 1. The van der Waals surface area contributed by atoms with E-state index in [1.807, 2.05) is 36.4 Å². The van der Waals surface area contributed by atoms with Crippen LogP contribution in [0, 0.1) is 0 Å². The Morgan fingerprint density at radius 3 is 1.93 bits per heavy atom. The van der Waals surface area contributed by atoms with Gasteiger partial charge >= 0.3 is 5.97 Å². The van der Waals surface area contributed by atoms with Crippen LogP contribution in [0.2, 0.25) is 0 Å². The van der Waals surface area contributed by atoms with Gasteiger partial charge in [-0.3, -0.25) is 9.59 Å². The Bertz CT molecular complexity index is 811. The minimum Gasteiger partial charge on any atom is -0.467 e. The second kappa shape index (κ2) is 9.80. The van der Waals surface area contributed by atoms with Crippen LogP contribution in [0.25, 0.3) is 11.1 Å². The van der Waals surface area contributed by atoms with E-state index in [4.69, 9.17) is 4.74 Å². The van der Waals surface area contributed by atoms with Gasteiger partial charge in [0, 0.05) is 26.1 Å². The molecule has 2 aromatic carbocycles. The Morgan fingerprint density at radius 2 is 1.46 bits per heavy atom. The van der Waals surface area contributed by atoms with E-state index in [0.717, 1.165) is 21.6 Å². The molecule has 0 N–H and O–H groups in total. The van der Waals surface area contributed by atoms with Crippen molar-refractivity contribution in [3.63, 3.8) is 0 Å². The highest BCUT2D eigenvalue weighted by Crippen LogP contribution is 2.21. The molecule has 0 aromatic heterocycles. The van der Waals surface area contributed by atoms with Gasteiger partial charge in [-0.15, -0.1) is 0 Å². The second-order valence-corrected chi connectivity index (χ2v) is 6.37. The molecule has 6 nitrogen and oxygen atoms in total. The van der Waals surface area contributed by atoms with Crippen molar-refractivity contribution in [2.45, 2.75) is 26.0 Å². The van der Waals surface area contributed by atoms with Crippen molar-refractivity contribution in [1.29, 1.82) is 0 Å². The number of carbonyl (C=O) groups is 3. The number of rotatable bonds is 8. The molecule has 0 radical (unpaired) electrons. The molecule has 0 saturated heterocycles. The van der Waals surface area contributed by atoms with Gasteiger partial charge in [0.1, 0.15) is 0 Å². The van der Waals surface area contributed by atoms with Crippen molar-refractivity contribution in [1.82, 2.24) is 4.90 Å². The molecule has 0 bridgehead atoms. The van der Waals surface area contributed by atoms with Crippen LogP contribution in [-0.4, -0.2) is 49.9 Å². The number of hydrogen-bond donors (Lipinski definition) is 0. The number of methoxy groups -OCH3 is 2. The number of Topliss-reactive ketones (excluding diaryl/α,β-unsaturated/α-hetero) is 1. The Labute approximate surface area is 165 Å². The van der Waals surface area contributed by atoms with E-state index in [2.05, 4.69) is 4.74 Å². The molecule has 0 heterocycles. The zero-order valence-electron chi connectivity index (χ0n) is 16.6. The number of likely N-dealkylation sites (N-methyl/N-ethyl adjacent to an activating group) is 1. The Kier molecular flexibility index (Phi) is 7.46. The lowest BCUT2D eigenvalue weighted by molar-refractivity contribution is -0.149. The van der Waals surface area contributed by atoms with Gasteiger partial charge in [0.05, 0.1) is 13.7 Å². The van der Waals surface area contributed by atoms with Gasteiger partial charge in [-0.2, -0.15) is 0 Å². The summed E-state index contributed by atoms with van der Waals surface area (Å²) in [6.07, 6.45) is 0.134. The number of benzene rings is 2. The first kappa shape index (κ1) is 21.3. The molecule has 1 atom stereocenters. The molecule has 0 fully saturated rings. The monoisotopic (exact) mass is 383 g/mol. The van der Waals surface area contributed by atoms with Crippen molar-refractivity contribution in [2.75, 3.05) is 21.3 Å². The van der Waals surface area contributed by atoms with Gasteiger partial charge in [-0.1, -0.05) is 43.3 Å². The molecule has 2 aromatic rings. The average molecular weight is 383 g/mol. The van der Waals surface area contributed by atoms with Crippen LogP contribution in [0.1, 0.15) is 29.3 Å². The SMILES string of the molecule is CCC(=O)C(C(=O)OC)N(C)C(=O)c1ccc(-c2ccc(COC)cc2)cc1. The van der Waals surface area contributed by atoms with Crippen molar-refractivity contribution in [3.05, 3.63) is 59.7 Å². The summed E-state index contributed by atoms with van der Waals surface area (Å²) in [5, 5.41) is 0. The lowest BCUT2D eigenvalue weighted by Crippen LogP contribution is -2.48. The summed E-state index contributed by atoms with van der Waals surface area (Å²) in [7, 11) is 4.28. The minimum absolute atomic E-state index is 0.134.